The molecular formula is C20H31F3NO4P. The van der Waals surface area contributed by atoms with Gasteiger partial charge in [-0.3, -0.25) is 4.52 Å². The van der Waals surface area contributed by atoms with Crippen LogP contribution in [0.1, 0.15) is 63.0 Å². The fourth-order valence-electron chi connectivity index (χ4n) is 2.89. The molecule has 0 heterocycles. The van der Waals surface area contributed by atoms with Gasteiger partial charge in [0.1, 0.15) is 5.75 Å². The molecule has 0 radical (unpaired) electrons. The molecule has 0 aliphatic heterocycles. The standard InChI is InChI=1S/C20H31F3NO4P/c1-2-3-4-5-6-7-12-27-18-9-8-16(13-17(18)20(21,22)23)10-11-19(24,14-25)15-28-29-26/h8-9,13,25H,2-7,10-12,14-15,24H2,1H3. The van der Waals surface area contributed by atoms with Crippen LogP contribution >= 0.6 is 8.69 Å². The predicted octanol–water partition coefficient (Wildman–Crippen LogP) is 5.29. The highest BCUT2D eigenvalue weighted by Gasteiger charge is 2.35. The quantitative estimate of drug-likeness (QED) is 0.288. The summed E-state index contributed by atoms with van der Waals surface area (Å²) in [5, 5.41) is 9.40. The molecular weight excluding hydrogens is 406 g/mol. The van der Waals surface area contributed by atoms with Gasteiger partial charge < -0.3 is 15.6 Å². The molecule has 0 aliphatic rings. The van der Waals surface area contributed by atoms with Gasteiger partial charge in [-0.05, 0) is 37.0 Å². The Labute approximate surface area is 172 Å². The molecule has 0 fully saturated rings. The summed E-state index contributed by atoms with van der Waals surface area (Å²) in [7, 11) is -0.566. The van der Waals surface area contributed by atoms with E-state index in [0.29, 0.717) is 12.0 Å². The van der Waals surface area contributed by atoms with E-state index < -0.39 is 32.6 Å². The van der Waals surface area contributed by atoms with Crippen LogP contribution in [0.5, 0.6) is 5.75 Å². The number of aliphatic hydroxyl groups is 1. The molecule has 0 saturated carbocycles. The van der Waals surface area contributed by atoms with Gasteiger partial charge in [-0.15, -0.1) is 0 Å². The van der Waals surface area contributed by atoms with Gasteiger partial charge in [0.2, 0.25) is 0 Å². The van der Waals surface area contributed by atoms with Crippen molar-refractivity contribution in [3.05, 3.63) is 29.3 Å². The summed E-state index contributed by atoms with van der Waals surface area (Å²) < 4.78 is 60.9. The van der Waals surface area contributed by atoms with Crippen LogP contribution in [0.2, 0.25) is 0 Å². The van der Waals surface area contributed by atoms with E-state index in [4.69, 9.17) is 15.0 Å². The average Bonchev–Trinajstić information content (AvgIpc) is 2.70. The number of nitrogens with two attached hydrogens (primary N) is 1. The number of benzene rings is 1. The van der Waals surface area contributed by atoms with Crippen LogP contribution in [-0.4, -0.2) is 30.5 Å². The lowest BCUT2D eigenvalue weighted by Gasteiger charge is -2.25. The molecule has 1 aromatic carbocycles. The minimum Gasteiger partial charge on any atom is -0.493 e. The van der Waals surface area contributed by atoms with Crippen molar-refractivity contribution >= 4 is 8.69 Å². The first-order valence-electron chi connectivity index (χ1n) is 9.93. The second kappa shape index (κ2) is 13.2. The van der Waals surface area contributed by atoms with Crippen molar-refractivity contribution in [2.45, 2.75) is 70.0 Å². The molecule has 0 bridgehead atoms. The monoisotopic (exact) mass is 437 g/mol. The van der Waals surface area contributed by atoms with Crippen molar-refractivity contribution < 1.29 is 32.1 Å². The molecule has 0 aliphatic carbocycles. The summed E-state index contributed by atoms with van der Waals surface area (Å²) in [5.41, 5.74) is 4.37. The highest BCUT2D eigenvalue weighted by molar-refractivity contribution is 7.17. The van der Waals surface area contributed by atoms with Gasteiger partial charge in [0.05, 0.1) is 30.9 Å². The van der Waals surface area contributed by atoms with Crippen LogP contribution in [0, 0.1) is 0 Å². The second-order valence-electron chi connectivity index (χ2n) is 7.31. The molecule has 1 aromatic rings. The molecule has 0 aromatic heterocycles. The van der Waals surface area contributed by atoms with Crippen molar-refractivity contribution in [1.29, 1.82) is 0 Å². The average molecular weight is 437 g/mol. The Hall–Kier alpha value is -1.21. The fourth-order valence-corrected chi connectivity index (χ4v) is 3.20. The van der Waals surface area contributed by atoms with Crippen molar-refractivity contribution in [2.24, 2.45) is 5.73 Å². The molecule has 3 N–H and O–H groups in total. The topological polar surface area (TPSA) is 81.8 Å². The van der Waals surface area contributed by atoms with E-state index in [1.54, 1.807) is 6.07 Å². The second-order valence-corrected chi connectivity index (χ2v) is 7.72. The molecule has 0 saturated heterocycles. The Morgan fingerprint density at radius 3 is 2.45 bits per heavy atom. The van der Waals surface area contributed by atoms with Crippen LogP contribution in [0.25, 0.3) is 0 Å². The number of unbranched alkanes of at least 4 members (excludes halogenated alkanes) is 5. The van der Waals surface area contributed by atoms with E-state index in [1.807, 2.05) is 0 Å². The van der Waals surface area contributed by atoms with Gasteiger partial charge in [-0.1, -0.05) is 45.1 Å². The zero-order valence-corrected chi connectivity index (χ0v) is 17.7. The summed E-state index contributed by atoms with van der Waals surface area (Å²) in [6.45, 7) is 1.77. The third-order valence-electron chi connectivity index (χ3n) is 4.74. The maximum atomic E-state index is 13.4. The predicted molar refractivity (Wildman–Crippen MR) is 106 cm³/mol. The third-order valence-corrected chi connectivity index (χ3v) is 4.97. The van der Waals surface area contributed by atoms with Crippen LogP contribution in [0.4, 0.5) is 13.2 Å². The first-order valence-corrected chi connectivity index (χ1v) is 10.7. The number of alkyl halides is 3. The lowest BCUT2D eigenvalue weighted by atomic mass is 9.93. The van der Waals surface area contributed by atoms with Crippen LogP contribution in [-0.2, 0) is 21.7 Å². The highest BCUT2D eigenvalue weighted by Crippen LogP contribution is 2.37. The van der Waals surface area contributed by atoms with Gasteiger partial charge in [0.25, 0.3) is 0 Å². The van der Waals surface area contributed by atoms with Crippen LogP contribution in [0.3, 0.4) is 0 Å². The molecule has 29 heavy (non-hydrogen) atoms. The van der Waals surface area contributed by atoms with Gasteiger partial charge in [0, 0.05) is 0 Å². The van der Waals surface area contributed by atoms with Crippen molar-refractivity contribution in [3.8, 4) is 5.75 Å². The molecule has 1 rings (SSSR count). The van der Waals surface area contributed by atoms with Crippen molar-refractivity contribution in [2.75, 3.05) is 19.8 Å². The Morgan fingerprint density at radius 1 is 1.14 bits per heavy atom. The largest absolute Gasteiger partial charge is 0.493 e. The zero-order chi connectivity index (χ0) is 21.8. The van der Waals surface area contributed by atoms with Gasteiger partial charge in [-0.2, -0.15) is 13.2 Å². The third kappa shape index (κ3) is 9.90. The van der Waals surface area contributed by atoms with Crippen LogP contribution in [0.15, 0.2) is 18.2 Å². The normalized spacial score (nSPS) is 14.1. The maximum Gasteiger partial charge on any atom is 0.419 e. The van der Waals surface area contributed by atoms with Crippen LogP contribution < -0.4 is 10.5 Å². The smallest absolute Gasteiger partial charge is 0.419 e. The minimum atomic E-state index is -4.53. The number of aliphatic hydroxyl groups excluding tert-OH is 1. The van der Waals surface area contributed by atoms with E-state index in [0.717, 1.165) is 31.7 Å². The molecule has 9 heteroatoms. The number of hydrogen-bond acceptors (Lipinski definition) is 5. The zero-order valence-electron chi connectivity index (χ0n) is 16.8. The summed E-state index contributed by atoms with van der Waals surface area (Å²) in [5.74, 6) is -0.176. The lowest BCUT2D eigenvalue weighted by Crippen LogP contribution is -2.47. The first kappa shape index (κ1) is 25.8. The Bertz CT molecular complexity index is 616. The first-order chi connectivity index (χ1) is 13.8. The molecule has 1 atom stereocenters. The number of halogens is 3. The Morgan fingerprint density at radius 2 is 1.83 bits per heavy atom. The van der Waals surface area contributed by atoms with Crippen molar-refractivity contribution in [3.63, 3.8) is 0 Å². The van der Waals surface area contributed by atoms with E-state index in [-0.39, 0.29) is 31.8 Å². The number of ether oxygens (including phenoxy) is 1. The molecule has 0 amide bonds. The SMILES string of the molecule is CCCCCCCCOc1ccc(CCC(N)(CO)COP=O)cc1C(F)(F)F. The summed E-state index contributed by atoms with van der Waals surface area (Å²) in [4.78, 5) is 0. The van der Waals surface area contributed by atoms with E-state index in [1.165, 1.54) is 12.5 Å². The Kier molecular flexibility index (Phi) is 11.7. The summed E-state index contributed by atoms with van der Waals surface area (Å²) in [6, 6.07) is 3.95. The van der Waals surface area contributed by atoms with Gasteiger partial charge in [-0.25, -0.2) is 4.57 Å². The van der Waals surface area contributed by atoms with Crippen molar-refractivity contribution in [1.82, 2.24) is 0 Å². The molecule has 1 unspecified atom stereocenters. The summed E-state index contributed by atoms with van der Waals surface area (Å²) in [6.07, 6.45) is 2.01. The van der Waals surface area contributed by atoms with E-state index >= 15 is 0 Å². The molecule has 0 spiro atoms. The Balaban J connectivity index is 2.70. The number of hydrogen-bond donors (Lipinski definition) is 2. The van der Waals surface area contributed by atoms with Gasteiger partial charge in [0.15, 0.2) is 0 Å². The number of aryl methyl sites for hydroxylation is 1. The lowest BCUT2D eigenvalue weighted by molar-refractivity contribution is -0.139. The number of rotatable bonds is 15. The van der Waals surface area contributed by atoms with E-state index in [9.17, 15) is 22.8 Å². The maximum absolute atomic E-state index is 13.4. The molecule has 166 valence electrons. The fraction of sp³-hybridized carbons (Fsp3) is 0.700. The highest BCUT2D eigenvalue weighted by atomic mass is 31.1. The summed E-state index contributed by atoms with van der Waals surface area (Å²) >= 11 is 0. The van der Waals surface area contributed by atoms with Gasteiger partial charge >= 0.3 is 14.9 Å². The molecule has 5 nitrogen and oxygen atoms in total. The minimum absolute atomic E-state index is 0.167. The van der Waals surface area contributed by atoms with E-state index in [2.05, 4.69) is 6.92 Å².